The maximum absolute atomic E-state index is 6.17. The van der Waals surface area contributed by atoms with Crippen LogP contribution in [0.2, 0.25) is 0 Å². The first-order valence-corrected chi connectivity index (χ1v) is 12.5. The normalized spacial score (nSPS) is 14.9. The molecule has 5 aromatic rings. The van der Waals surface area contributed by atoms with Crippen molar-refractivity contribution < 1.29 is 9.47 Å². The molecule has 3 aromatic carbocycles. The minimum absolute atomic E-state index is 0.0446. The number of methoxy groups -OCH3 is 1. The highest BCUT2D eigenvalue weighted by atomic mass is 16.5. The van der Waals surface area contributed by atoms with Gasteiger partial charge >= 0.3 is 0 Å². The minimum Gasteiger partial charge on any atom is -0.493 e. The summed E-state index contributed by atoms with van der Waals surface area (Å²) >= 11 is 0. The Morgan fingerprint density at radius 1 is 0.921 bits per heavy atom. The number of ether oxygens (including phenoxy) is 2. The molecule has 0 spiro atoms. The molecule has 192 valence electrons. The zero-order chi connectivity index (χ0) is 26.1. The van der Waals surface area contributed by atoms with E-state index in [0.717, 1.165) is 29.8 Å². The van der Waals surface area contributed by atoms with Crippen LogP contribution in [0.3, 0.4) is 0 Å². The maximum Gasteiger partial charge on any atom is 0.224 e. The van der Waals surface area contributed by atoms with Crippen LogP contribution in [0.5, 0.6) is 11.5 Å². The summed E-state index contributed by atoms with van der Waals surface area (Å²) in [5.41, 5.74) is 17.3. The fourth-order valence-corrected chi connectivity index (χ4v) is 5.10. The number of rotatable bonds is 7. The molecule has 0 saturated heterocycles. The topological polar surface area (TPSA) is 117 Å². The predicted octanol–water partition coefficient (Wildman–Crippen LogP) is 4.38. The summed E-state index contributed by atoms with van der Waals surface area (Å²) in [6, 6.07) is 24.7. The second-order valence-corrected chi connectivity index (χ2v) is 9.42. The second kappa shape index (κ2) is 9.93. The van der Waals surface area contributed by atoms with Crippen LogP contribution < -0.4 is 25.8 Å². The Balaban J connectivity index is 1.30. The van der Waals surface area contributed by atoms with E-state index in [1.807, 2.05) is 41.1 Å². The average molecular weight is 508 g/mol. The van der Waals surface area contributed by atoms with Gasteiger partial charge in [0, 0.05) is 18.8 Å². The summed E-state index contributed by atoms with van der Waals surface area (Å²) in [7, 11) is 1.66. The molecule has 1 unspecified atom stereocenters. The van der Waals surface area contributed by atoms with Crippen molar-refractivity contribution in [1.29, 1.82) is 0 Å². The van der Waals surface area contributed by atoms with Gasteiger partial charge in [0.15, 0.2) is 17.1 Å². The van der Waals surface area contributed by atoms with Crippen LogP contribution in [0.4, 0.5) is 17.5 Å². The largest absolute Gasteiger partial charge is 0.493 e. The standard InChI is InChI=1S/C29H29N7O2/c1-37-25-12-11-20(13-26(25)38-18-19-7-3-2-4-8-19)16-35-17-22(14-21-9-5-6-10-24(21)35)36-28-23(15-32-36)27(30)33-29(31)34-28/h2-13,15,22H,14,16-18H2,1H3,(H4,30,31,33,34). The van der Waals surface area contributed by atoms with Gasteiger partial charge in [-0.2, -0.15) is 15.1 Å². The molecule has 1 aliphatic rings. The molecule has 9 heteroatoms. The van der Waals surface area contributed by atoms with E-state index in [1.54, 1.807) is 13.3 Å². The number of hydrogen-bond acceptors (Lipinski definition) is 8. The molecular weight excluding hydrogens is 478 g/mol. The number of anilines is 3. The smallest absolute Gasteiger partial charge is 0.224 e. The third-order valence-electron chi connectivity index (χ3n) is 6.90. The molecule has 0 radical (unpaired) electrons. The Kier molecular flexibility index (Phi) is 6.17. The Bertz CT molecular complexity index is 1590. The molecule has 0 bridgehead atoms. The summed E-state index contributed by atoms with van der Waals surface area (Å²) in [4.78, 5) is 10.9. The van der Waals surface area contributed by atoms with Crippen LogP contribution >= 0.6 is 0 Å². The molecule has 4 N–H and O–H groups in total. The molecule has 0 amide bonds. The first-order chi connectivity index (χ1) is 18.6. The molecular formula is C29H29N7O2. The van der Waals surface area contributed by atoms with E-state index in [1.165, 1.54) is 11.3 Å². The molecule has 0 aliphatic carbocycles. The predicted molar refractivity (Wildman–Crippen MR) is 148 cm³/mol. The van der Waals surface area contributed by atoms with E-state index in [0.29, 0.717) is 35.8 Å². The fraction of sp³-hybridized carbons (Fsp3) is 0.207. The van der Waals surface area contributed by atoms with E-state index >= 15 is 0 Å². The number of para-hydroxylation sites is 1. The Hall–Kier alpha value is -4.79. The Labute approximate surface area is 220 Å². The van der Waals surface area contributed by atoms with Gasteiger partial charge in [0.05, 0.1) is 24.7 Å². The zero-order valence-corrected chi connectivity index (χ0v) is 21.1. The van der Waals surface area contributed by atoms with Crippen molar-refractivity contribution >= 4 is 28.5 Å². The van der Waals surface area contributed by atoms with Gasteiger partial charge < -0.3 is 25.8 Å². The van der Waals surface area contributed by atoms with Gasteiger partial charge in [0.25, 0.3) is 0 Å². The van der Waals surface area contributed by atoms with Gasteiger partial charge in [-0.05, 0) is 41.3 Å². The van der Waals surface area contributed by atoms with Crippen molar-refractivity contribution in [2.75, 3.05) is 30.0 Å². The van der Waals surface area contributed by atoms with Crippen LogP contribution in [0.1, 0.15) is 22.7 Å². The Morgan fingerprint density at radius 2 is 1.74 bits per heavy atom. The van der Waals surface area contributed by atoms with Gasteiger partial charge in [-0.3, -0.25) is 0 Å². The lowest BCUT2D eigenvalue weighted by Gasteiger charge is -2.36. The third-order valence-corrected chi connectivity index (χ3v) is 6.90. The number of hydrogen-bond donors (Lipinski definition) is 2. The van der Waals surface area contributed by atoms with Gasteiger partial charge in [-0.1, -0.05) is 54.6 Å². The summed E-state index contributed by atoms with van der Waals surface area (Å²) in [5, 5.41) is 5.35. The first-order valence-electron chi connectivity index (χ1n) is 12.5. The summed E-state index contributed by atoms with van der Waals surface area (Å²) < 4.78 is 13.7. The fourth-order valence-electron chi connectivity index (χ4n) is 5.10. The number of fused-ring (bicyclic) bond motifs is 2. The Morgan fingerprint density at radius 3 is 2.58 bits per heavy atom. The molecule has 3 heterocycles. The first kappa shape index (κ1) is 23.6. The van der Waals surface area contributed by atoms with E-state index in [2.05, 4.69) is 56.4 Å². The lowest BCUT2D eigenvalue weighted by molar-refractivity contribution is 0.284. The highest BCUT2D eigenvalue weighted by Gasteiger charge is 2.28. The van der Waals surface area contributed by atoms with E-state index in [4.69, 9.17) is 20.9 Å². The second-order valence-electron chi connectivity index (χ2n) is 9.42. The molecule has 9 nitrogen and oxygen atoms in total. The van der Waals surface area contributed by atoms with Crippen LogP contribution in [0.15, 0.2) is 79.0 Å². The van der Waals surface area contributed by atoms with E-state index < -0.39 is 0 Å². The highest BCUT2D eigenvalue weighted by molar-refractivity contribution is 5.86. The van der Waals surface area contributed by atoms with Gasteiger partial charge in [-0.25, -0.2) is 4.68 Å². The number of benzene rings is 3. The van der Waals surface area contributed by atoms with Crippen LogP contribution in [0.25, 0.3) is 11.0 Å². The SMILES string of the molecule is COc1ccc(CN2CC(n3ncc4c(N)nc(N)nc43)Cc3ccccc32)cc1OCc1ccccc1. The zero-order valence-electron chi connectivity index (χ0n) is 21.1. The molecule has 2 aromatic heterocycles. The van der Waals surface area contributed by atoms with Gasteiger partial charge in [-0.15, -0.1) is 0 Å². The number of nitrogens with zero attached hydrogens (tertiary/aromatic N) is 5. The van der Waals surface area contributed by atoms with Gasteiger partial charge in [0.1, 0.15) is 12.4 Å². The van der Waals surface area contributed by atoms with Crippen molar-refractivity contribution in [3.8, 4) is 11.5 Å². The van der Waals surface area contributed by atoms with Crippen molar-refractivity contribution in [3.05, 3.63) is 95.7 Å². The lowest BCUT2D eigenvalue weighted by atomic mass is 9.97. The summed E-state index contributed by atoms with van der Waals surface area (Å²) in [6.45, 7) is 1.90. The van der Waals surface area contributed by atoms with E-state index in [-0.39, 0.29) is 12.0 Å². The lowest BCUT2D eigenvalue weighted by Crippen LogP contribution is -2.36. The molecule has 38 heavy (non-hydrogen) atoms. The number of nitrogen functional groups attached to an aromatic ring is 2. The summed E-state index contributed by atoms with van der Waals surface area (Å²) in [6.07, 6.45) is 2.54. The van der Waals surface area contributed by atoms with Crippen LogP contribution in [-0.2, 0) is 19.6 Å². The molecule has 6 rings (SSSR count). The molecule has 0 saturated carbocycles. The van der Waals surface area contributed by atoms with Crippen LogP contribution in [-0.4, -0.2) is 33.4 Å². The van der Waals surface area contributed by atoms with Crippen molar-refractivity contribution in [1.82, 2.24) is 19.7 Å². The molecule has 1 atom stereocenters. The van der Waals surface area contributed by atoms with Gasteiger partial charge in [0.2, 0.25) is 5.95 Å². The quantitative estimate of drug-likeness (QED) is 0.333. The van der Waals surface area contributed by atoms with E-state index in [9.17, 15) is 0 Å². The minimum atomic E-state index is 0.0446. The monoisotopic (exact) mass is 507 g/mol. The maximum atomic E-state index is 6.17. The number of aromatic nitrogens is 4. The van der Waals surface area contributed by atoms with Crippen molar-refractivity contribution in [2.45, 2.75) is 25.6 Å². The van der Waals surface area contributed by atoms with Crippen molar-refractivity contribution in [3.63, 3.8) is 0 Å². The van der Waals surface area contributed by atoms with Crippen LogP contribution in [0, 0.1) is 0 Å². The molecule has 1 aliphatic heterocycles. The molecule has 0 fully saturated rings. The summed E-state index contributed by atoms with van der Waals surface area (Å²) in [5.74, 6) is 1.91. The van der Waals surface area contributed by atoms with Crippen molar-refractivity contribution in [2.24, 2.45) is 0 Å². The average Bonchev–Trinajstić information content (AvgIpc) is 3.37. The number of nitrogens with two attached hydrogens (primary N) is 2. The third kappa shape index (κ3) is 4.54. The highest BCUT2D eigenvalue weighted by Crippen LogP contribution is 2.36.